The Kier molecular flexibility index (Phi) is 5.65. The molecule has 0 aromatic heterocycles. The number of methoxy groups -OCH3 is 1. The molecule has 0 aliphatic heterocycles. The van der Waals surface area contributed by atoms with Gasteiger partial charge in [-0.2, -0.15) is 0 Å². The Morgan fingerprint density at radius 2 is 2.00 bits per heavy atom. The Morgan fingerprint density at radius 1 is 1.39 bits per heavy atom. The molecule has 0 unspecified atom stereocenters. The first-order valence-corrected chi connectivity index (χ1v) is 6.17. The first-order chi connectivity index (χ1) is 8.54. The molecule has 1 aromatic rings. The van der Waals surface area contributed by atoms with Crippen molar-refractivity contribution in [2.45, 2.75) is 25.8 Å². The molecular weight excluding hydrogens is 228 g/mol. The van der Waals surface area contributed by atoms with Crippen molar-refractivity contribution in [1.29, 1.82) is 0 Å². The van der Waals surface area contributed by atoms with Gasteiger partial charge in [0.25, 0.3) is 0 Å². The number of primary amides is 1. The lowest BCUT2D eigenvalue weighted by Gasteiger charge is -2.21. The van der Waals surface area contributed by atoms with E-state index in [4.69, 9.17) is 10.5 Å². The van der Waals surface area contributed by atoms with Gasteiger partial charge >= 0.3 is 0 Å². The van der Waals surface area contributed by atoms with Gasteiger partial charge in [0.15, 0.2) is 0 Å². The molecule has 2 N–H and O–H groups in total. The third kappa shape index (κ3) is 4.37. The van der Waals surface area contributed by atoms with Gasteiger partial charge in [-0.05, 0) is 51.1 Å². The summed E-state index contributed by atoms with van der Waals surface area (Å²) in [6.07, 6.45) is 1.99. The molecule has 4 heteroatoms. The van der Waals surface area contributed by atoms with Crippen LogP contribution >= 0.6 is 0 Å². The quantitative estimate of drug-likeness (QED) is 0.796. The fraction of sp³-hybridized carbons (Fsp3) is 0.500. The number of nitrogens with zero attached hydrogens (tertiary/aromatic N) is 1. The van der Waals surface area contributed by atoms with Crippen molar-refractivity contribution in [1.82, 2.24) is 4.90 Å². The molecule has 0 heterocycles. The predicted octanol–water partition coefficient (Wildman–Crippen LogP) is 1.43. The highest BCUT2D eigenvalue weighted by atomic mass is 16.5. The average Bonchev–Trinajstić information content (AvgIpc) is 2.38. The van der Waals surface area contributed by atoms with Crippen molar-refractivity contribution in [3.05, 3.63) is 29.8 Å². The smallest absolute Gasteiger partial charge is 0.234 e. The number of ether oxygens (including phenoxy) is 1. The summed E-state index contributed by atoms with van der Waals surface area (Å²) in [6, 6.07) is 7.85. The van der Waals surface area contributed by atoms with E-state index >= 15 is 0 Å². The molecule has 1 amide bonds. The summed E-state index contributed by atoms with van der Waals surface area (Å²) in [4.78, 5) is 13.0. The number of amides is 1. The van der Waals surface area contributed by atoms with Crippen molar-refractivity contribution in [3.63, 3.8) is 0 Å². The van der Waals surface area contributed by atoms with Crippen LogP contribution in [0.25, 0.3) is 0 Å². The van der Waals surface area contributed by atoms with Crippen LogP contribution in [0.3, 0.4) is 0 Å². The third-order valence-corrected chi connectivity index (χ3v) is 3.21. The number of nitrogens with two attached hydrogens (primary N) is 1. The van der Waals surface area contributed by atoms with E-state index in [1.807, 2.05) is 31.0 Å². The molecule has 1 rings (SSSR count). The van der Waals surface area contributed by atoms with Gasteiger partial charge in [-0.25, -0.2) is 0 Å². The zero-order valence-electron chi connectivity index (χ0n) is 11.3. The average molecular weight is 250 g/mol. The normalized spacial score (nSPS) is 12.4. The molecule has 0 fully saturated rings. The predicted molar refractivity (Wildman–Crippen MR) is 72.6 cm³/mol. The topological polar surface area (TPSA) is 55.6 Å². The van der Waals surface area contributed by atoms with E-state index in [0.29, 0.717) is 0 Å². The lowest BCUT2D eigenvalue weighted by Crippen LogP contribution is -2.40. The van der Waals surface area contributed by atoms with Gasteiger partial charge in [0.1, 0.15) is 5.75 Å². The zero-order valence-corrected chi connectivity index (χ0v) is 11.3. The first kappa shape index (κ1) is 14.5. The molecule has 0 spiro atoms. The lowest BCUT2D eigenvalue weighted by atomic mass is 10.1. The highest BCUT2D eigenvalue weighted by Gasteiger charge is 2.13. The number of hydrogen-bond donors (Lipinski definition) is 1. The van der Waals surface area contributed by atoms with E-state index < -0.39 is 0 Å². The van der Waals surface area contributed by atoms with Crippen LogP contribution in [-0.2, 0) is 11.2 Å². The summed E-state index contributed by atoms with van der Waals surface area (Å²) in [7, 11) is 3.58. The van der Waals surface area contributed by atoms with Crippen LogP contribution in [-0.4, -0.2) is 37.6 Å². The second-order valence-electron chi connectivity index (χ2n) is 4.51. The van der Waals surface area contributed by atoms with Gasteiger partial charge in [-0.15, -0.1) is 0 Å². The fourth-order valence-electron chi connectivity index (χ4n) is 1.74. The molecular formula is C14H22N2O2. The minimum atomic E-state index is -0.276. The Balaban J connectivity index is 2.34. The van der Waals surface area contributed by atoms with Gasteiger partial charge < -0.3 is 10.5 Å². The Labute approximate surface area is 109 Å². The maximum absolute atomic E-state index is 11.0. The Morgan fingerprint density at radius 3 is 2.50 bits per heavy atom. The van der Waals surface area contributed by atoms with Crippen molar-refractivity contribution in [2.75, 3.05) is 20.7 Å². The van der Waals surface area contributed by atoms with E-state index in [0.717, 1.165) is 25.1 Å². The molecule has 1 aromatic carbocycles. The Bertz CT molecular complexity index is 376. The highest BCUT2D eigenvalue weighted by molar-refractivity contribution is 5.79. The number of aryl methyl sites for hydroxylation is 1. The second-order valence-corrected chi connectivity index (χ2v) is 4.51. The summed E-state index contributed by atoms with van der Waals surface area (Å²) in [6.45, 7) is 2.69. The number of likely N-dealkylation sites (N-methyl/N-ethyl adjacent to an activating group) is 1. The molecule has 4 nitrogen and oxygen atoms in total. The van der Waals surface area contributed by atoms with Gasteiger partial charge in [0.05, 0.1) is 13.2 Å². The second kappa shape index (κ2) is 7.01. The summed E-state index contributed by atoms with van der Waals surface area (Å²) >= 11 is 0. The fourth-order valence-corrected chi connectivity index (χ4v) is 1.74. The van der Waals surface area contributed by atoms with Gasteiger partial charge in [0, 0.05) is 0 Å². The van der Waals surface area contributed by atoms with E-state index in [2.05, 4.69) is 12.1 Å². The van der Waals surface area contributed by atoms with Crippen molar-refractivity contribution >= 4 is 5.91 Å². The van der Waals surface area contributed by atoms with Crippen LogP contribution in [0.5, 0.6) is 5.75 Å². The minimum Gasteiger partial charge on any atom is -0.497 e. The SMILES string of the molecule is COc1ccc(CCCN(C)[C@@H](C)C(N)=O)cc1. The number of benzene rings is 1. The van der Waals surface area contributed by atoms with Crippen LogP contribution in [0.1, 0.15) is 18.9 Å². The summed E-state index contributed by atoms with van der Waals surface area (Å²) in [5, 5.41) is 0. The van der Waals surface area contributed by atoms with Crippen LogP contribution in [0, 0.1) is 0 Å². The summed E-state index contributed by atoms with van der Waals surface area (Å²) < 4.78 is 5.11. The Hall–Kier alpha value is -1.55. The van der Waals surface area contributed by atoms with Crippen molar-refractivity contribution < 1.29 is 9.53 Å². The number of carbonyl (C=O) groups is 1. The van der Waals surface area contributed by atoms with Crippen LogP contribution in [0.4, 0.5) is 0 Å². The molecule has 18 heavy (non-hydrogen) atoms. The van der Waals surface area contributed by atoms with Crippen molar-refractivity contribution in [3.8, 4) is 5.75 Å². The van der Waals surface area contributed by atoms with Crippen LogP contribution < -0.4 is 10.5 Å². The molecule has 0 saturated carbocycles. The van der Waals surface area contributed by atoms with Crippen molar-refractivity contribution in [2.24, 2.45) is 5.73 Å². The maximum atomic E-state index is 11.0. The van der Waals surface area contributed by atoms with E-state index in [1.165, 1.54) is 5.56 Å². The zero-order chi connectivity index (χ0) is 13.5. The molecule has 0 saturated heterocycles. The molecule has 0 radical (unpaired) electrons. The maximum Gasteiger partial charge on any atom is 0.234 e. The van der Waals surface area contributed by atoms with Crippen LogP contribution in [0.2, 0.25) is 0 Å². The summed E-state index contributed by atoms with van der Waals surface area (Å²) in [5.41, 5.74) is 6.53. The number of rotatable bonds is 7. The number of hydrogen-bond acceptors (Lipinski definition) is 3. The largest absolute Gasteiger partial charge is 0.497 e. The van der Waals surface area contributed by atoms with E-state index in [9.17, 15) is 4.79 Å². The van der Waals surface area contributed by atoms with E-state index in [1.54, 1.807) is 7.11 Å². The third-order valence-electron chi connectivity index (χ3n) is 3.21. The molecule has 0 aliphatic carbocycles. The van der Waals surface area contributed by atoms with Gasteiger partial charge in [-0.1, -0.05) is 12.1 Å². The molecule has 100 valence electrons. The standard InChI is InChI=1S/C14H22N2O2/c1-11(14(15)17)16(2)10-4-5-12-6-8-13(18-3)9-7-12/h6-9,11H,4-5,10H2,1-3H3,(H2,15,17)/t11-/m0/s1. The first-order valence-electron chi connectivity index (χ1n) is 6.17. The lowest BCUT2D eigenvalue weighted by molar-refractivity contribution is -0.122. The molecule has 1 atom stereocenters. The highest BCUT2D eigenvalue weighted by Crippen LogP contribution is 2.12. The number of carbonyl (C=O) groups excluding carboxylic acids is 1. The molecule has 0 aliphatic rings. The minimum absolute atomic E-state index is 0.208. The van der Waals surface area contributed by atoms with E-state index in [-0.39, 0.29) is 11.9 Å². The monoisotopic (exact) mass is 250 g/mol. The van der Waals surface area contributed by atoms with Crippen LogP contribution in [0.15, 0.2) is 24.3 Å². The summed E-state index contributed by atoms with van der Waals surface area (Å²) in [5.74, 6) is 0.597. The van der Waals surface area contributed by atoms with Gasteiger partial charge in [0.2, 0.25) is 5.91 Å². The molecule has 0 bridgehead atoms. The van der Waals surface area contributed by atoms with Gasteiger partial charge in [-0.3, -0.25) is 9.69 Å².